The first-order chi connectivity index (χ1) is 13.2. The molecule has 144 valence electrons. The Morgan fingerprint density at radius 3 is 1.96 bits per heavy atom. The molecule has 1 aromatic heterocycles. The van der Waals surface area contributed by atoms with Crippen LogP contribution < -0.4 is 5.46 Å². The van der Waals surface area contributed by atoms with Crippen LogP contribution in [0.1, 0.15) is 27.7 Å². The minimum absolute atomic E-state index is 0.00733. The summed E-state index contributed by atoms with van der Waals surface area (Å²) in [5.74, 6) is -0.0354. The minimum atomic E-state index is -0.453. The molecule has 0 aliphatic carbocycles. The van der Waals surface area contributed by atoms with Crippen LogP contribution in [0.2, 0.25) is 0 Å². The van der Waals surface area contributed by atoms with Gasteiger partial charge in [-0.15, -0.1) is 0 Å². The minimum Gasteiger partial charge on any atom is -0.494 e. The number of aromatic nitrogens is 1. The number of hydrogen-bond donors (Lipinski definition) is 2. The molecule has 0 radical (unpaired) electrons. The van der Waals surface area contributed by atoms with Crippen molar-refractivity contribution in [1.29, 1.82) is 0 Å². The third kappa shape index (κ3) is 2.99. The van der Waals surface area contributed by atoms with E-state index in [1.165, 1.54) is 4.57 Å². The lowest BCUT2D eigenvalue weighted by atomic mass is 9.79. The van der Waals surface area contributed by atoms with Gasteiger partial charge in [0.05, 0.1) is 16.9 Å². The zero-order valence-corrected chi connectivity index (χ0v) is 16.5. The Morgan fingerprint density at radius 2 is 1.39 bits per heavy atom. The molecule has 0 spiro atoms. The molecule has 0 atom stereocenters. The van der Waals surface area contributed by atoms with Crippen molar-refractivity contribution in [2.24, 2.45) is 0 Å². The Bertz CT molecular complexity index is 977. The van der Waals surface area contributed by atoms with Crippen molar-refractivity contribution >= 4 is 12.6 Å². The monoisotopic (exact) mass is 377 g/mol. The number of hydrogen-bond acceptors (Lipinski definition) is 4. The van der Waals surface area contributed by atoms with E-state index in [0.29, 0.717) is 11.3 Å². The molecule has 0 saturated carbocycles. The predicted molar refractivity (Wildman–Crippen MR) is 110 cm³/mol. The van der Waals surface area contributed by atoms with Crippen LogP contribution in [-0.2, 0) is 9.31 Å². The Balaban J connectivity index is 1.65. The Morgan fingerprint density at radius 1 is 0.821 bits per heavy atom. The highest BCUT2D eigenvalue weighted by Crippen LogP contribution is 2.39. The summed E-state index contributed by atoms with van der Waals surface area (Å²) in [6, 6.07) is 18.5. The third-order valence-corrected chi connectivity index (χ3v) is 5.72. The molecule has 4 rings (SSSR count). The lowest BCUT2D eigenvalue weighted by molar-refractivity contribution is 0.00578. The van der Waals surface area contributed by atoms with E-state index in [2.05, 4.69) is 0 Å². The maximum Gasteiger partial charge on any atom is 0.494 e. The summed E-state index contributed by atoms with van der Waals surface area (Å²) >= 11 is 0. The van der Waals surface area contributed by atoms with Crippen LogP contribution >= 0.6 is 0 Å². The van der Waals surface area contributed by atoms with Crippen molar-refractivity contribution in [3.8, 4) is 28.6 Å². The second-order valence-electron chi connectivity index (χ2n) is 8.12. The van der Waals surface area contributed by atoms with E-state index in [4.69, 9.17) is 9.31 Å². The molecule has 0 amide bonds. The number of nitrogens with zero attached hydrogens (tertiary/aromatic N) is 1. The van der Waals surface area contributed by atoms with Gasteiger partial charge in [0.25, 0.3) is 0 Å². The van der Waals surface area contributed by atoms with Crippen molar-refractivity contribution in [3.63, 3.8) is 0 Å². The molecule has 3 aromatic rings. The van der Waals surface area contributed by atoms with Gasteiger partial charge in [0.15, 0.2) is 5.88 Å². The first-order valence-corrected chi connectivity index (χ1v) is 9.35. The van der Waals surface area contributed by atoms with Gasteiger partial charge in [0, 0.05) is 11.6 Å². The normalized spacial score (nSPS) is 17.8. The van der Waals surface area contributed by atoms with Crippen molar-refractivity contribution < 1.29 is 19.5 Å². The lowest BCUT2D eigenvalue weighted by Crippen LogP contribution is -2.41. The average molecular weight is 377 g/mol. The second-order valence-corrected chi connectivity index (χ2v) is 8.12. The molecule has 1 saturated heterocycles. The fourth-order valence-corrected chi connectivity index (χ4v) is 3.33. The molecular weight excluding hydrogens is 353 g/mol. The van der Waals surface area contributed by atoms with Gasteiger partial charge in [-0.1, -0.05) is 42.5 Å². The van der Waals surface area contributed by atoms with Gasteiger partial charge in [-0.25, -0.2) is 0 Å². The maximum atomic E-state index is 10.7. The highest BCUT2D eigenvalue weighted by Gasteiger charge is 2.51. The van der Waals surface area contributed by atoms with E-state index in [1.54, 1.807) is 6.07 Å². The van der Waals surface area contributed by atoms with Crippen LogP contribution in [-0.4, -0.2) is 33.1 Å². The van der Waals surface area contributed by atoms with Crippen LogP contribution in [0, 0.1) is 0 Å². The molecule has 0 bridgehead atoms. The van der Waals surface area contributed by atoms with E-state index < -0.39 is 18.3 Å². The molecule has 1 aliphatic heterocycles. The highest BCUT2D eigenvalue weighted by atomic mass is 16.7. The summed E-state index contributed by atoms with van der Waals surface area (Å²) in [5.41, 5.74) is 2.14. The standard InChI is InChI=1S/C22H24BNO4/c1-21(2)22(3,4)28-23(27-21)16-10-12-17(13-11-16)24-19(25)14-18(20(24)26)15-8-6-5-7-9-15/h5-14,25-26H,1-4H3. The molecule has 2 N–H and O–H groups in total. The number of benzene rings is 2. The lowest BCUT2D eigenvalue weighted by Gasteiger charge is -2.32. The molecule has 2 aromatic carbocycles. The van der Waals surface area contributed by atoms with Gasteiger partial charge < -0.3 is 19.5 Å². The van der Waals surface area contributed by atoms with Crippen molar-refractivity contribution in [2.45, 2.75) is 38.9 Å². The summed E-state index contributed by atoms with van der Waals surface area (Å²) in [7, 11) is -0.453. The van der Waals surface area contributed by atoms with Gasteiger partial charge in [-0.05, 0) is 50.9 Å². The van der Waals surface area contributed by atoms with Gasteiger partial charge in [0.1, 0.15) is 0 Å². The summed E-state index contributed by atoms with van der Waals surface area (Å²) in [5, 5.41) is 21.1. The molecule has 28 heavy (non-hydrogen) atoms. The molecule has 5 nitrogen and oxygen atoms in total. The highest BCUT2D eigenvalue weighted by molar-refractivity contribution is 6.62. The van der Waals surface area contributed by atoms with Crippen LogP contribution in [0.15, 0.2) is 60.7 Å². The summed E-state index contributed by atoms with van der Waals surface area (Å²) in [6.07, 6.45) is 0. The zero-order chi connectivity index (χ0) is 20.1. The van der Waals surface area contributed by atoms with Gasteiger partial charge in [-0.3, -0.25) is 4.57 Å². The quantitative estimate of drug-likeness (QED) is 0.681. The number of rotatable bonds is 3. The first kappa shape index (κ1) is 18.7. The Kier molecular flexibility index (Phi) is 4.29. The molecule has 0 unspecified atom stereocenters. The molecule has 1 aliphatic rings. The van der Waals surface area contributed by atoms with Crippen LogP contribution in [0.4, 0.5) is 0 Å². The number of aromatic hydroxyl groups is 2. The maximum absolute atomic E-state index is 10.7. The van der Waals surface area contributed by atoms with Crippen molar-refractivity contribution in [2.75, 3.05) is 0 Å². The molecule has 6 heteroatoms. The Labute approximate surface area is 165 Å². The average Bonchev–Trinajstić information content (AvgIpc) is 3.07. The van der Waals surface area contributed by atoms with Gasteiger partial charge >= 0.3 is 7.12 Å². The smallest absolute Gasteiger partial charge is 0.494 e. The van der Waals surface area contributed by atoms with Gasteiger partial charge in [0.2, 0.25) is 5.88 Å². The van der Waals surface area contributed by atoms with Crippen LogP contribution in [0.25, 0.3) is 16.8 Å². The van der Waals surface area contributed by atoms with Crippen LogP contribution in [0.5, 0.6) is 11.8 Å². The second kappa shape index (κ2) is 6.43. The topological polar surface area (TPSA) is 63.9 Å². The van der Waals surface area contributed by atoms with E-state index in [-0.39, 0.29) is 11.8 Å². The van der Waals surface area contributed by atoms with E-state index in [0.717, 1.165) is 11.0 Å². The molecule has 1 fully saturated rings. The van der Waals surface area contributed by atoms with E-state index in [1.807, 2.05) is 82.3 Å². The Hall–Kier alpha value is -2.70. The molecule has 2 heterocycles. The zero-order valence-electron chi connectivity index (χ0n) is 16.5. The molecular formula is C22H24BNO4. The van der Waals surface area contributed by atoms with E-state index in [9.17, 15) is 10.2 Å². The predicted octanol–water partition coefficient (Wildman–Crippen LogP) is 3.85. The fraction of sp³-hybridized carbons (Fsp3) is 0.273. The van der Waals surface area contributed by atoms with Crippen molar-refractivity contribution in [3.05, 3.63) is 60.7 Å². The third-order valence-electron chi connectivity index (χ3n) is 5.72. The van der Waals surface area contributed by atoms with Crippen LogP contribution in [0.3, 0.4) is 0 Å². The van der Waals surface area contributed by atoms with E-state index >= 15 is 0 Å². The first-order valence-electron chi connectivity index (χ1n) is 9.35. The summed E-state index contributed by atoms with van der Waals surface area (Å²) in [4.78, 5) is 0. The SMILES string of the molecule is CC1(C)OB(c2ccc(-n3c(O)cc(-c4ccccc4)c3O)cc2)OC1(C)C. The van der Waals surface area contributed by atoms with Crippen molar-refractivity contribution in [1.82, 2.24) is 4.57 Å². The van der Waals surface area contributed by atoms with Gasteiger partial charge in [-0.2, -0.15) is 0 Å². The largest absolute Gasteiger partial charge is 0.494 e. The summed E-state index contributed by atoms with van der Waals surface area (Å²) < 4.78 is 13.6. The fourth-order valence-electron chi connectivity index (χ4n) is 3.33. The summed E-state index contributed by atoms with van der Waals surface area (Å²) in [6.45, 7) is 8.06.